The molecule has 0 saturated carbocycles. The van der Waals surface area contributed by atoms with E-state index in [1.54, 1.807) is 18.2 Å². The van der Waals surface area contributed by atoms with Gasteiger partial charge in [-0.2, -0.15) is 0 Å². The van der Waals surface area contributed by atoms with Gasteiger partial charge in [0.05, 0.1) is 5.75 Å². The van der Waals surface area contributed by atoms with E-state index in [9.17, 15) is 13.5 Å². The number of rotatable bonds is 7. The van der Waals surface area contributed by atoms with E-state index in [-0.39, 0.29) is 18.0 Å². The third-order valence-corrected chi connectivity index (χ3v) is 4.60. The predicted octanol–water partition coefficient (Wildman–Crippen LogP) is 2.10. The van der Waals surface area contributed by atoms with Crippen LogP contribution in [0, 0.1) is 0 Å². The Bertz CT molecular complexity index is 669. The lowest BCUT2D eigenvalue weighted by Crippen LogP contribution is -2.29. The number of aromatic hydroxyl groups is 1. The Morgan fingerprint density at radius 1 is 0.905 bits per heavy atom. The van der Waals surface area contributed by atoms with Crippen LogP contribution in [0.2, 0.25) is 0 Å². The third-order valence-electron chi connectivity index (χ3n) is 3.21. The number of hydrogen-bond acceptors (Lipinski definition) is 3. The topological polar surface area (TPSA) is 66.4 Å². The summed E-state index contributed by atoms with van der Waals surface area (Å²) in [6.45, 7) is 0.286. The largest absolute Gasteiger partial charge is 0.508 e. The maximum absolute atomic E-state index is 11.9. The van der Waals surface area contributed by atoms with Crippen molar-refractivity contribution in [3.05, 3.63) is 65.7 Å². The van der Waals surface area contributed by atoms with Crippen molar-refractivity contribution in [1.29, 1.82) is 0 Å². The number of aryl methyl sites for hydroxylation is 1. The molecule has 0 aliphatic carbocycles. The molecule has 0 aliphatic rings. The number of phenols is 1. The van der Waals surface area contributed by atoms with Gasteiger partial charge in [-0.05, 0) is 30.0 Å². The predicted molar refractivity (Wildman–Crippen MR) is 83.7 cm³/mol. The molecule has 0 aliphatic heterocycles. The highest BCUT2D eigenvalue weighted by molar-refractivity contribution is 7.89. The van der Waals surface area contributed by atoms with E-state index in [1.807, 2.05) is 36.4 Å². The third kappa shape index (κ3) is 5.21. The molecular weight excluding hydrogens is 286 g/mol. The lowest BCUT2D eigenvalue weighted by Gasteiger charge is -2.08. The van der Waals surface area contributed by atoms with Gasteiger partial charge in [-0.15, -0.1) is 0 Å². The molecule has 0 bridgehead atoms. The molecule has 0 fully saturated rings. The Morgan fingerprint density at radius 3 is 2.29 bits per heavy atom. The molecular formula is C16H19NO3S. The highest BCUT2D eigenvalue weighted by Gasteiger charge is 2.10. The molecule has 2 rings (SSSR count). The van der Waals surface area contributed by atoms with Gasteiger partial charge >= 0.3 is 0 Å². The van der Waals surface area contributed by atoms with Gasteiger partial charge in [0.1, 0.15) is 5.75 Å². The second-order valence-electron chi connectivity index (χ2n) is 4.83. The maximum Gasteiger partial charge on any atom is 0.211 e. The summed E-state index contributed by atoms with van der Waals surface area (Å²) >= 11 is 0. The van der Waals surface area contributed by atoms with Crippen molar-refractivity contribution in [2.24, 2.45) is 0 Å². The molecule has 0 radical (unpaired) electrons. The van der Waals surface area contributed by atoms with Crippen LogP contribution in [-0.2, 0) is 22.9 Å². The maximum atomic E-state index is 11.9. The molecule has 112 valence electrons. The van der Waals surface area contributed by atoms with Gasteiger partial charge in [-0.1, -0.05) is 48.5 Å². The van der Waals surface area contributed by atoms with Crippen molar-refractivity contribution in [3.63, 3.8) is 0 Å². The smallest absolute Gasteiger partial charge is 0.211 e. The second kappa shape index (κ2) is 7.24. The summed E-state index contributed by atoms with van der Waals surface area (Å²) in [5.74, 6) is 0.263. The van der Waals surface area contributed by atoms with Gasteiger partial charge in [0.25, 0.3) is 0 Å². The van der Waals surface area contributed by atoms with Gasteiger partial charge < -0.3 is 5.11 Å². The molecule has 0 heterocycles. The van der Waals surface area contributed by atoms with Gasteiger partial charge in [0.15, 0.2) is 0 Å². The number of benzene rings is 2. The van der Waals surface area contributed by atoms with Gasteiger partial charge in [0.2, 0.25) is 10.0 Å². The number of para-hydroxylation sites is 1. The van der Waals surface area contributed by atoms with Crippen LogP contribution in [0.15, 0.2) is 54.6 Å². The summed E-state index contributed by atoms with van der Waals surface area (Å²) in [6, 6.07) is 16.5. The average Bonchev–Trinajstić information content (AvgIpc) is 2.48. The molecule has 21 heavy (non-hydrogen) atoms. The van der Waals surface area contributed by atoms with Gasteiger partial charge in [-0.25, -0.2) is 13.1 Å². The van der Waals surface area contributed by atoms with Crippen LogP contribution < -0.4 is 4.72 Å². The molecule has 2 aromatic rings. The molecule has 0 spiro atoms. The van der Waals surface area contributed by atoms with Crippen LogP contribution in [0.3, 0.4) is 0 Å². The fraction of sp³-hybridized carbons (Fsp3) is 0.250. The number of phenolic OH excluding ortho intramolecular Hbond substituents is 1. The van der Waals surface area contributed by atoms with E-state index in [4.69, 9.17) is 0 Å². The van der Waals surface area contributed by atoms with Crippen molar-refractivity contribution >= 4 is 10.0 Å². The Hall–Kier alpha value is -1.85. The van der Waals surface area contributed by atoms with Crippen molar-refractivity contribution < 1.29 is 13.5 Å². The molecule has 0 aromatic heterocycles. The van der Waals surface area contributed by atoms with E-state index >= 15 is 0 Å². The number of nitrogens with one attached hydrogen (secondary N) is 1. The second-order valence-corrected chi connectivity index (χ2v) is 6.75. The van der Waals surface area contributed by atoms with Crippen LogP contribution in [0.25, 0.3) is 0 Å². The molecule has 2 N–H and O–H groups in total. The van der Waals surface area contributed by atoms with Gasteiger partial charge in [0, 0.05) is 6.54 Å². The first-order valence-corrected chi connectivity index (χ1v) is 8.50. The number of sulfonamides is 1. The Labute approximate surface area is 125 Å². The summed E-state index contributed by atoms with van der Waals surface area (Å²) < 4.78 is 26.4. The highest BCUT2D eigenvalue weighted by Crippen LogP contribution is 2.15. The van der Waals surface area contributed by atoms with Crippen LogP contribution in [-0.4, -0.2) is 25.8 Å². The van der Waals surface area contributed by atoms with Gasteiger partial charge in [-0.3, -0.25) is 0 Å². The normalized spacial score (nSPS) is 11.4. The average molecular weight is 305 g/mol. The summed E-state index contributed by atoms with van der Waals surface area (Å²) in [6.07, 6.45) is 0.962. The van der Waals surface area contributed by atoms with Crippen molar-refractivity contribution in [3.8, 4) is 5.75 Å². The zero-order valence-electron chi connectivity index (χ0n) is 11.7. The van der Waals surface area contributed by atoms with E-state index in [1.165, 1.54) is 0 Å². The minimum atomic E-state index is -3.29. The van der Waals surface area contributed by atoms with Crippen LogP contribution >= 0.6 is 0 Å². The van der Waals surface area contributed by atoms with Crippen molar-refractivity contribution in [1.82, 2.24) is 4.72 Å². The van der Waals surface area contributed by atoms with Crippen LogP contribution in [0.5, 0.6) is 5.75 Å². The molecule has 0 amide bonds. The SMILES string of the molecule is O=S(=O)(CCc1ccccc1)NCCc1ccccc1O. The molecule has 5 heteroatoms. The fourth-order valence-corrected chi connectivity index (χ4v) is 3.09. The molecule has 4 nitrogen and oxygen atoms in total. The standard InChI is InChI=1S/C16H19NO3S/c18-16-9-5-4-8-15(16)10-12-17-21(19,20)13-11-14-6-2-1-3-7-14/h1-9,17-18H,10-13H2. The first-order chi connectivity index (χ1) is 10.1. The summed E-state index contributed by atoms with van der Waals surface area (Å²) in [7, 11) is -3.29. The fourth-order valence-electron chi connectivity index (χ4n) is 2.03. The minimum Gasteiger partial charge on any atom is -0.508 e. The monoisotopic (exact) mass is 305 g/mol. The molecule has 2 aromatic carbocycles. The lowest BCUT2D eigenvalue weighted by atomic mass is 10.1. The van der Waals surface area contributed by atoms with E-state index < -0.39 is 10.0 Å². The molecule has 0 saturated heterocycles. The minimum absolute atomic E-state index is 0.0672. The van der Waals surface area contributed by atoms with E-state index in [2.05, 4.69) is 4.72 Å². The summed E-state index contributed by atoms with van der Waals surface area (Å²) in [4.78, 5) is 0. The van der Waals surface area contributed by atoms with Crippen molar-refractivity contribution in [2.75, 3.05) is 12.3 Å². The molecule has 0 unspecified atom stereocenters. The Morgan fingerprint density at radius 2 is 1.57 bits per heavy atom. The quantitative estimate of drug-likeness (QED) is 0.823. The lowest BCUT2D eigenvalue weighted by molar-refractivity contribution is 0.467. The van der Waals surface area contributed by atoms with Crippen LogP contribution in [0.4, 0.5) is 0 Å². The molecule has 0 atom stereocenters. The van der Waals surface area contributed by atoms with Crippen LogP contribution in [0.1, 0.15) is 11.1 Å². The van der Waals surface area contributed by atoms with E-state index in [0.29, 0.717) is 12.8 Å². The summed E-state index contributed by atoms with van der Waals surface area (Å²) in [5.41, 5.74) is 1.74. The zero-order chi connectivity index (χ0) is 15.1. The highest BCUT2D eigenvalue weighted by atomic mass is 32.2. The Balaban J connectivity index is 1.80. The van der Waals surface area contributed by atoms with E-state index in [0.717, 1.165) is 11.1 Å². The first kappa shape index (κ1) is 15.5. The Kier molecular flexibility index (Phi) is 5.36. The zero-order valence-corrected chi connectivity index (χ0v) is 12.5. The van der Waals surface area contributed by atoms with Crippen molar-refractivity contribution in [2.45, 2.75) is 12.8 Å². The summed E-state index contributed by atoms with van der Waals surface area (Å²) in [5, 5.41) is 9.61. The number of hydrogen-bond donors (Lipinski definition) is 2. The first-order valence-electron chi connectivity index (χ1n) is 6.85.